The molecule has 4 heteroatoms. The molecular weight excluding hydrogens is 376 g/mol. The largest absolute Gasteiger partial charge is 0.346 e. The van der Waals surface area contributed by atoms with Crippen LogP contribution in [0.15, 0.2) is 84.9 Å². The summed E-state index contributed by atoms with van der Waals surface area (Å²) in [5.41, 5.74) is 3.26. The Bertz CT molecular complexity index is 897. The maximum Gasteiger partial charge on any atom is 0.222 e. The van der Waals surface area contributed by atoms with E-state index in [0.717, 1.165) is 11.1 Å². The van der Waals surface area contributed by atoms with E-state index < -0.39 is 6.29 Å². The molecule has 0 unspecified atom stereocenters. The molecule has 0 aliphatic heterocycles. The van der Waals surface area contributed by atoms with E-state index in [-0.39, 0.29) is 11.6 Å². The highest BCUT2D eigenvalue weighted by Gasteiger charge is 2.19. The second kappa shape index (κ2) is 12.5. The molecule has 0 spiro atoms. The van der Waals surface area contributed by atoms with Gasteiger partial charge < -0.3 is 9.47 Å². The maximum atomic E-state index is 12.0. The third-order valence-electron chi connectivity index (χ3n) is 4.26. The topological polar surface area (TPSA) is 52.6 Å². The zero-order valence-corrected chi connectivity index (χ0v) is 17.7. The second-order valence-electron chi connectivity index (χ2n) is 6.53. The first-order chi connectivity index (χ1) is 14.6. The van der Waals surface area contributed by atoms with Crippen LogP contribution in [0.3, 0.4) is 0 Å². The Morgan fingerprint density at radius 3 is 1.57 bits per heavy atom. The highest BCUT2D eigenvalue weighted by Crippen LogP contribution is 2.10. The van der Waals surface area contributed by atoms with Crippen LogP contribution in [0.2, 0.25) is 0 Å². The van der Waals surface area contributed by atoms with Crippen molar-refractivity contribution in [2.45, 2.75) is 27.1 Å². The molecule has 0 aliphatic rings. The summed E-state index contributed by atoms with van der Waals surface area (Å²) in [5, 5.41) is 0. The average Bonchev–Trinajstić information content (AvgIpc) is 2.80. The number of hydrogen-bond donors (Lipinski definition) is 0. The summed E-state index contributed by atoms with van der Waals surface area (Å²) in [5.74, 6) is -0.0464. The Labute approximate surface area is 178 Å². The molecule has 3 aromatic carbocycles. The number of carbonyl (C=O) groups excluding carboxylic acids is 2. The fourth-order valence-electron chi connectivity index (χ4n) is 2.70. The van der Waals surface area contributed by atoms with Gasteiger partial charge in [0.05, 0.1) is 0 Å². The zero-order valence-electron chi connectivity index (χ0n) is 17.7. The van der Waals surface area contributed by atoms with Crippen LogP contribution in [0.5, 0.6) is 0 Å². The highest BCUT2D eigenvalue weighted by atomic mass is 16.7. The first kappa shape index (κ1) is 23.2. The molecule has 0 saturated heterocycles. The number of ketones is 2. The van der Waals surface area contributed by atoms with Crippen molar-refractivity contribution < 1.29 is 19.1 Å². The van der Waals surface area contributed by atoms with Crippen LogP contribution in [0.1, 0.15) is 45.7 Å². The molecule has 4 nitrogen and oxygen atoms in total. The predicted octanol–water partition coefficient (Wildman–Crippen LogP) is 5.49. The van der Waals surface area contributed by atoms with Crippen molar-refractivity contribution in [3.63, 3.8) is 0 Å². The van der Waals surface area contributed by atoms with Crippen LogP contribution in [0.4, 0.5) is 0 Å². The average molecular weight is 405 g/mol. The summed E-state index contributed by atoms with van der Waals surface area (Å²) >= 11 is 0. The van der Waals surface area contributed by atoms with Gasteiger partial charge in [0.1, 0.15) is 0 Å². The fourth-order valence-corrected chi connectivity index (χ4v) is 2.70. The van der Waals surface area contributed by atoms with Crippen LogP contribution in [0.25, 0.3) is 0 Å². The Kier molecular flexibility index (Phi) is 9.65. The Balaban J connectivity index is 0.000000214. The summed E-state index contributed by atoms with van der Waals surface area (Å²) in [6.07, 6.45) is -0.776. The smallest absolute Gasteiger partial charge is 0.222 e. The van der Waals surface area contributed by atoms with Gasteiger partial charge in [-0.3, -0.25) is 9.59 Å². The minimum atomic E-state index is -0.776. The van der Waals surface area contributed by atoms with Gasteiger partial charge in [-0.1, -0.05) is 90.5 Å². The predicted molar refractivity (Wildman–Crippen MR) is 119 cm³/mol. The molecule has 0 amide bonds. The normalized spacial score (nSPS) is 10.3. The van der Waals surface area contributed by atoms with Gasteiger partial charge in [-0.05, 0) is 20.8 Å². The van der Waals surface area contributed by atoms with Crippen LogP contribution in [-0.4, -0.2) is 31.1 Å². The van der Waals surface area contributed by atoms with E-state index in [4.69, 9.17) is 9.47 Å². The molecule has 0 aliphatic carbocycles. The highest BCUT2D eigenvalue weighted by molar-refractivity contribution is 6.08. The lowest BCUT2D eigenvalue weighted by atomic mass is 10.0. The number of ether oxygens (including phenoxy) is 2. The summed E-state index contributed by atoms with van der Waals surface area (Å²) < 4.78 is 10.5. The van der Waals surface area contributed by atoms with Gasteiger partial charge in [-0.15, -0.1) is 0 Å². The van der Waals surface area contributed by atoms with Crippen molar-refractivity contribution in [3.8, 4) is 0 Å². The summed E-state index contributed by atoms with van der Waals surface area (Å²) in [7, 11) is 0. The van der Waals surface area contributed by atoms with E-state index in [9.17, 15) is 9.59 Å². The summed E-state index contributed by atoms with van der Waals surface area (Å²) in [6.45, 7) is 6.61. The van der Waals surface area contributed by atoms with Crippen LogP contribution in [0, 0.1) is 6.92 Å². The summed E-state index contributed by atoms with van der Waals surface area (Å²) in [6, 6.07) is 26.0. The molecule has 30 heavy (non-hydrogen) atoms. The molecule has 0 saturated carbocycles. The molecule has 3 rings (SSSR count). The SMILES string of the molecule is CCOC(OCC)C(=O)c1ccccc1.Cc1ccc(C(=O)c2ccccc2)cc1. The lowest BCUT2D eigenvalue weighted by Crippen LogP contribution is -2.27. The molecule has 0 bridgehead atoms. The van der Waals surface area contributed by atoms with E-state index in [2.05, 4.69) is 0 Å². The molecule has 0 atom stereocenters. The number of aryl methyl sites for hydroxylation is 1. The van der Waals surface area contributed by atoms with Gasteiger partial charge >= 0.3 is 0 Å². The molecule has 0 radical (unpaired) electrons. The standard InChI is InChI=1S/C14H12O.C12H16O3/c1-11-7-9-13(10-8-11)14(15)12-5-3-2-4-6-12;1-3-14-12(15-4-2)11(13)10-8-6-5-7-9-10/h2-10H,1H3;5-9,12H,3-4H2,1-2H3. The Morgan fingerprint density at radius 1 is 0.667 bits per heavy atom. The molecule has 3 aromatic rings. The molecule has 0 aromatic heterocycles. The molecule has 0 fully saturated rings. The van der Waals surface area contributed by atoms with Crippen molar-refractivity contribution in [2.75, 3.05) is 13.2 Å². The van der Waals surface area contributed by atoms with Gasteiger partial charge in [0.2, 0.25) is 12.1 Å². The van der Waals surface area contributed by atoms with Gasteiger partial charge in [0.25, 0.3) is 0 Å². The maximum absolute atomic E-state index is 12.0. The number of Topliss-reactive ketones (excluding diaryl/α,β-unsaturated/α-hetero) is 1. The molecule has 156 valence electrons. The second-order valence-corrected chi connectivity index (χ2v) is 6.53. The quantitative estimate of drug-likeness (QED) is 0.368. The van der Waals surface area contributed by atoms with Gasteiger partial charge in [0, 0.05) is 29.9 Å². The number of benzene rings is 3. The number of rotatable bonds is 8. The number of carbonyl (C=O) groups is 2. The molecule has 0 heterocycles. The van der Waals surface area contributed by atoms with Gasteiger partial charge in [-0.25, -0.2) is 0 Å². The van der Waals surface area contributed by atoms with E-state index in [0.29, 0.717) is 18.8 Å². The van der Waals surface area contributed by atoms with Gasteiger partial charge in [0.15, 0.2) is 5.78 Å². The minimum absolute atomic E-state index is 0.0793. The van der Waals surface area contributed by atoms with Crippen LogP contribution < -0.4 is 0 Å². The lowest BCUT2D eigenvalue weighted by molar-refractivity contribution is -0.107. The van der Waals surface area contributed by atoms with Crippen LogP contribution in [-0.2, 0) is 9.47 Å². The Morgan fingerprint density at radius 2 is 1.10 bits per heavy atom. The van der Waals surface area contributed by atoms with Crippen molar-refractivity contribution in [1.82, 2.24) is 0 Å². The van der Waals surface area contributed by atoms with E-state index in [1.807, 2.05) is 93.6 Å². The van der Waals surface area contributed by atoms with Crippen molar-refractivity contribution in [3.05, 3.63) is 107 Å². The number of hydrogen-bond acceptors (Lipinski definition) is 4. The third-order valence-corrected chi connectivity index (χ3v) is 4.26. The lowest BCUT2D eigenvalue weighted by Gasteiger charge is -2.15. The molecular formula is C26H28O4. The van der Waals surface area contributed by atoms with E-state index in [1.54, 1.807) is 12.1 Å². The monoisotopic (exact) mass is 404 g/mol. The minimum Gasteiger partial charge on any atom is -0.346 e. The van der Waals surface area contributed by atoms with Gasteiger partial charge in [-0.2, -0.15) is 0 Å². The molecule has 0 N–H and O–H groups in total. The third kappa shape index (κ3) is 7.07. The first-order valence-electron chi connectivity index (χ1n) is 10.1. The summed E-state index contributed by atoms with van der Waals surface area (Å²) in [4.78, 5) is 23.8. The van der Waals surface area contributed by atoms with Crippen molar-refractivity contribution in [2.24, 2.45) is 0 Å². The van der Waals surface area contributed by atoms with E-state index >= 15 is 0 Å². The Hall–Kier alpha value is -3.08. The van der Waals surface area contributed by atoms with Crippen molar-refractivity contribution >= 4 is 11.6 Å². The van der Waals surface area contributed by atoms with Crippen LogP contribution >= 0.6 is 0 Å². The first-order valence-corrected chi connectivity index (χ1v) is 10.1. The van der Waals surface area contributed by atoms with E-state index in [1.165, 1.54) is 5.56 Å². The zero-order chi connectivity index (χ0) is 21.8. The fraction of sp³-hybridized carbons (Fsp3) is 0.231. The van der Waals surface area contributed by atoms with Crippen molar-refractivity contribution in [1.29, 1.82) is 0 Å².